The molecule has 21 heavy (non-hydrogen) atoms. The molecule has 2 atom stereocenters. The van der Waals surface area contributed by atoms with Crippen LogP contribution in [0.2, 0.25) is 0 Å². The topological polar surface area (TPSA) is 62.2 Å². The van der Waals surface area contributed by atoms with Crippen molar-refractivity contribution in [1.82, 2.24) is 4.90 Å². The highest BCUT2D eigenvalue weighted by Crippen LogP contribution is 2.46. The van der Waals surface area contributed by atoms with Crippen molar-refractivity contribution in [3.63, 3.8) is 0 Å². The Morgan fingerprint density at radius 1 is 1.38 bits per heavy atom. The third-order valence-electron chi connectivity index (χ3n) is 4.11. The van der Waals surface area contributed by atoms with E-state index in [9.17, 15) is 10.2 Å². The lowest BCUT2D eigenvalue weighted by molar-refractivity contribution is -0.0850. The summed E-state index contributed by atoms with van der Waals surface area (Å²) < 4.78 is 11.5. The molecule has 1 aromatic carbocycles. The van der Waals surface area contributed by atoms with Gasteiger partial charge in [0, 0.05) is 12.1 Å². The van der Waals surface area contributed by atoms with Crippen LogP contribution in [-0.4, -0.2) is 53.6 Å². The molecule has 0 bridgehead atoms. The van der Waals surface area contributed by atoms with Crippen molar-refractivity contribution in [3.05, 3.63) is 23.8 Å². The van der Waals surface area contributed by atoms with Crippen LogP contribution in [-0.2, 0) is 0 Å². The molecular weight excluding hydrogens is 270 g/mol. The van der Waals surface area contributed by atoms with Gasteiger partial charge >= 0.3 is 0 Å². The summed E-state index contributed by atoms with van der Waals surface area (Å²) in [6.07, 6.45) is -0.689. The minimum Gasteiger partial charge on any atom is -0.493 e. The first-order valence-electron chi connectivity index (χ1n) is 7.35. The number of aliphatic hydroxyl groups excluding tert-OH is 2. The van der Waals surface area contributed by atoms with E-state index in [2.05, 4.69) is 0 Å². The summed E-state index contributed by atoms with van der Waals surface area (Å²) in [7, 11) is 1.59. The number of fused-ring (bicyclic) bond motifs is 1. The van der Waals surface area contributed by atoms with Gasteiger partial charge in [0.15, 0.2) is 11.5 Å². The lowest BCUT2D eigenvalue weighted by atomic mass is 9.84. The van der Waals surface area contributed by atoms with Crippen LogP contribution in [0.15, 0.2) is 18.2 Å². The van der Waals surface area contributed by atoms with Gasteiger partial charge in [-0.1, -0.05) is 19.1 Å². The van der Waals surface area contributed by atoms with Crippen LogP contribution < -0.4 is 9.47 Å². The number of aliphatic hydroxyl groups is 2. The first-order chi connectivity index (χ1) is 9.96. The largest absolute Gasteiger partial charge is 0.493 e. The summed E-state index contributed by atoms with van der Waals surface area (Å²) >= 11 is 0. The number of methoxy groups -OCH3 is 1. The maximum Gasteiger partial charge on any atom is 0.167 e. The van der Waals surface area contributed by atoms with Crippen molar-refractivity contribution in [1.29, 1.82) is 0 Å². The quantitative estimate of drug-likeness (QED) is 0.863. The average Bonchev–Trinajstić information content (AvgIpc) is 2.45. The molecule has 1 heterocycles. The van der Waals surface area contributed by atoms with Crippen LogP contribution >= 0.6 is 0 Å². The number of nitrogens with zero attached hydrogens (tertiary/aromatic N) is 1. The summed E-state index contributed by atoms with van der Waals surface area (Å²) in [6.45, 7) is 7.21. The second kappa shape index (κ2) is 6.22. The fourth-order valence-corrected chi connectivity index (χ4v) is 3.17. The van der Waals surface area contributed by atoms with Gasteiger partial charge in [0.25, 0.3) is 0 Å². The Morgan fingerprint density at radius 2 is 2.10 bits per heavy atom. The molecule has 0 aromatic heterocycles. The summed E-state index contributed by atoms with van der Waals surface area (Å²) in [4.78, 5) is 2.05. The Bertz CT molecular complexity index is 489. The molecule has 0 spiro atoms. The molecule has 1 aromatic rings. The molecule has 5 heteroatoms. The highest BCUT2D eigenvalue weighted by atomic mass is 16.5. The van der Waals surface area contributed by atoms with E-state index in [1.165, 1.54) is 0 Å². The van der Waals surface area contributed by atoms with Crippen LogP contribution in [0.25, 0.3) is 0 Å². The van der Waals surface area contributed by atoms with Crippen molar-refractivity contribution in [2.24, 2.45) is 0 Å². The van der Waals surface area contributed by atoms with Crippen LogP contribution in [0.3, 0.4) is 0 Å². The zero-order valence-corrected chi connectivity index (χ0v) is 13.2. The lowest BCUT2D eigenvalue weighted by Gasteiger charge is -2.48. The second-order valence-electron chi connectivity index (χ2n) is 5.83. The number of likely N-dealkylation sites (N-methyl/N-ethyl adjacent to an activating group) is 1. The van der Waals surface area contributed by atoms with Gasteiger partial charge in [0.05, 0.1) is 19.8 Å². The first kappa shape index (κ1) is 16.1. The van der Waals surface area contributed by atoms with Crippen molar-refractivity contribution < 1.29 is 19.7 Å². The summed E-state index contributed by atoms with van der Waals surface area (Å²) in [6, 6.07) is 5.31. The van der Waals surface area contributed by atoms with E-state index in [1.54, 1.807) is 7.11 Å². The third-order valence-corrected chi connectivity index (χ3v) is 4.11. The van der Waals surface area contributed by atoms with E-state index in [-0.39, 0.29) is 12.6 Å². The molecule has 2 rings (SSSR count). The van der Waals surface area contributed by atoms with Crippen LogP contribution in [0.4, 0.5) is 0 Å². The zero-order valence-electron chi connectivity index (χ0n) is 13.2. The molecule has 0 aliphatic carbocycles. The van der Waals surface area contributed by atoms with Gasteiger partial charge in [0.1, 0.15) is 11.7 Å². The molecule has 0 radical (unpaired) electrons. The number of rotatable bonds is 5. The number of hydrogen-bond donors (Lipinski definition) is 2. The predicted molar refractivity (Wildman–Crippen MR) is 80.8 cm³/mol. The highest BCUT2D eigenvalue weighted by molar-refractivity contribution is 5.50. The van der Waals surface area contributed by atoms with Gasteiger partial charge in [0.2, 0.25) is 0 Å². The van der Waals surface area contributed by atoms with Gasteiger partial charge in [-0.15, -0.1) is 0 Å². The Hall–Kier alpha value is -1.30. The van der Waals surface area contributed by atoms with Crippen LogP contribution in [0.5, 0.6) is 11.5 Å². The van der Waals surface area contributed by atoms with Gasteiger partial charge in [-0.2, -0.15) is 0 Å². The van der Waals surface area contributed by atoms with Crippen molar-refractivity contribution in [3.8, 4) is 11.5 Å². The highest BCUT2D eigenvalue weighted by Gasteiger charge is 2.46. The minimum atomic E-state index is -0.689. The molecule has 1 aliphatic rings. The maximum absolute atomic E-state index is 10.8. The first-order valence-corrected chi connectivity index (χ1v) is 7.35. The van der Waals surface area contributed by atoms with Crippen LogP contribution in [0, 0.1) is 0 Å². The minimum absolute atomic E-state index is 0.0537. The fourth-order valence-electron chi connectivity index (χ4n) is 3.17. The van der Waals surface area contributed by atoms with Gasteiger partial charge in [-0.05, 0) is 26.5 Å². The standard InChI is InChI=1S/C16H25NO4/c1-5-17(9-10-18)15-13(19)11-7-6-8-12(20-4)14(11)21-16(15,2)3/h6-8,13,15,18-19H,5,9-10H2,1-4H3. The van der Waals surface area contributed by atoms with Gasteiger partial charge in [-0.3, -0.25) is 4.90 Å². The molecule has 118 valence electrons. The van der Waals surface area contributed by atoms with E-state index in [1.807, 2.05) is 43.9 Å². The van der Waals surface area contributed by atoms with Crippen molar-refractivity contribution in [2.75, 3.05) is 26.8 Å². The van der Waals surface area contributed by atoms with E-state index in [0.29, 0.717) is 18.0 Å². The molecule has 0 saturated carbocycles. The molecule has 5 nitrogen and oxygen atoms in total. The number of para-hydroxylation sites is 1. The SMILES string of the molecule is CCN(CCO)C1C(O)c2cccc(OC)c2OC1(C)C. The normalized spacial score (nSPS) is 23.6. The lowest BCUT2D eigenvalue weighted by Crippen LogP contribution is -2.58. The Labute approximate surface area is 126 Å². The summed E-state index contributed by atoms with van der Waals surface area (Å²) in [5.74, 6) is 1.23. The van der Waals surface area contributed by atoms with E-state index < -0.39 is 11.7 Å². The van der Waals surface area contributed by atoms with Crippen molar-refractivity contribution >= 4 is 0 Å². The molecule has 2 N–H and O–H groups in total. The monoisotopic (exact) mass is 295 g/mol. The molecule has 1 aliphatic heterocycles. The molecule has 2 unspecified atom stereocenters. The number of ether oxygens (including phenoxy) is 2. The zero-order chi connectivity index (χ0) is 15.6. The van der Waals surface area contributed by atoms with E-state index >= 15 is 0 Å². The number of hydrogen-bond acceptors (Lipinski definition) is 5. The Morgan fingerprint density at radius 3 is 2.67 bits per heavy atom. The van der Waals surface area contributed by atoms with Gasteiger partial charge in [-0.25, -0.2) is 0 Å². The molecule has 0 saturated heterocycles. The summed E-state index contributed by atoms with van der Waals surface area (Å²) in [5, 5.41) is 20.1. The average molecular weight is 295 g/mol. The number of benzene rings is 1. The molecule has 0 fully saturated rings. The van der Waals surface area contributed by atoms with E-state index in [0.717, 1.165) is 12.1 Å². The third kappa shape index (κ3) is 2.86. The predicted octanol–water partition coefficient (Wildman–Crippen LogP) is 1.58. The maximum atomic E-state index is 10.8. The Balaban J connectivity index is 2.45. The second-order valence-corrected chi connectivity index (χ2v) is 5.83. The van der Waals surface area contributed by atoms with Crippen LogP contribution in [0.1, 0.15) is 32.4 Å². The van der Waals surface area contributed by atoms with Crippen molar-refractivity contribution in [2.45, 2.75) is 38.5 Å². The summed E-state index contributed by atoms with van der Waals surface area (Å²) in [5.41, 5.74) is 0.140. The fraction of sp³-hybridized carbons (Fsp3) is 0.625. The Kier molecular flexibility index (Phi) is 4.76. The smallest absolute Gasteiger partial charge is 0.167 e. The molecule has 0 amide bonds. The van der Waals surface area contributed by atoms with E-state index in [4.69, 9.17) is 9.47 Å². The van der Waals surface area contributed by atoms with Gasteiger partial charge < -0.3 is 19.7 Å². The molecular formula is C16H25NO4.